The molecule has 0 radical (unpaired) electrons. The Kier molecular flexibility index (Phi) is 3.14. The molecule has 0 aliphatic carbocycles. The summed E-state index contributed by atoms with van der Waals surface area (Å²) in [7, 11) is 1.40. The van der Waals surface area contributed by atoms with Crippen molar-refractivity contribution < 1.29 is 9.66 Å². The fraction of sp³-hybridized carbons (Fsp3) is 0.222. The number of aryl methyl sites for hydroxylation is 1. The van der Waals surface area contributed by atoms with Gasteiger partial charge in [0, 0.05) is 6.07 Å². The van der Waals surface area contributed by atoms with Crippen molar-refractivity contribution in [2.75, 3.05) is 7.11 Å². The number of benzene rings is 1. The first-order valence-electron chi connectivity index (χ1n) is 3.89. The molecule has 0 bridgehead atoms. The molecule has 0 N–H and O–H groups in total. The Labute approximate surface area is 86.7 Å². The topological polar surface area (TPSA) is 52.4 Å². The van der Waals surface area contributed by atoms with Crippen molar-refractivity contribution >= 4 is 23.0 Å². The van der Waals surface area contributed by atoms with Crippen LogP contribution in [0.3, 0.4) is 0 Å². The number of methoxy groups -OCH3 is 1. The van der Waals surface area contributed by atoms with Crippen molar-refractivity contribution in [2.45, 2.75) is 6.92 Å². The molecule has 0 unspecified atom stereocenters. The smallest absolute Gasteiger partial charge is 0.281 e. The third-order valence-electron chi connectivity index (χ3n) is 1.75. The van der Waals surface area contributed by atoms with Gasteiger partial charge in [0.2, 0.25) is 0 Å². The molecule has 4 nitrogen and oxygen atoms in total. The van der Waals surface area contributed by atoms with E-state index in [1.165, 1.54) is 13.2 Å². The van der Waals surface area contributed by atoms with Crippen molar-refractivity contribution in [1.82, 2.24) is 0 Å². The third kappa shape index (κ3) is 2.05. The minimum atomic E-state index is -0.472. The molecule has 0 saturated heterocycles. The molecule has 1 aromatic rings. The summed E-state index contributed by atoms with van der Waals surface area (Å²) in [5.41, 5.74) is 1.24. The molecule has 1 rings (SSSR count). The van der Waals surface area contributed by atoms with Crippen LogP contribution in [0.4, 0.5) is 5.69 Å². The number of thiocarbonyl (C=S) groups is 1. The first-order valence-corrected chi connectivity index (χ1v) is 4.30. The lowest BCUT2D eigenvalue weighted by Crippen LogP contribution is -2.04. The summed E-state index contributed by atoms with van der Waals surface area (Å²) in [6.45, 7) is 1.84. The molecule has 5 heteroatoms. The van der Waals surface area contributed by atoms with Gasteiger partial charge in [-0.15, -0.1) is 0 Å². The molecule has 1 aromatic carbocycles. The van der Waals surface area contributed by atoms with Crippen LogP contribution in [0.1, 0.15) is 11.1 Å². The van der Waals surface area contributed by atoms with Crippen LogP contribution in [0.5, 0.6) is 0 Å². The monoisotopic (exact) mass is 211 g/mol. The van der Waals surface area contributed by atoms with E-state index in [0.717, 1.165) is 5.56 Å². The number of nitro groups is 1. The Morgan fingerprint density at radius 2 is 2.21 bits per heavy atom. The third-order valence-corrected chi connectivity index (χ3v) is 2.14. The highest BCUT2D eigenvalue weighted by Crippen LogP contribution is 2.20. The van der Waals surface area contributed by atoms with Gasteiger partial charge in [-0.3, -0.25) is 10.1 Å². The van der Waals surface area contributed by atoms with E-state index in [1.54, 1.807) is 12.1 Å². The lowest BCUT2D eigenvalue weighted by Gasteiger charge is -2.04. The van der Waals surface area contributed by atoms with Crippen molar-refractivity contribution in [3.8, 4) is 0 Å². The number of hydrogen-bond acceptors (Lipinski definition) is 4. The number of rotatable bonds is 2. The average Bonchev–Trinajstić information content (AvgIpc) is 2.16. The van der Waals surface area contributed by atoms with E-state index in [9.17, 15) is 10.1 Å². The van der Waals surface area contributed by atoms with Gasteiger partial charge in [0.25, 0.3) is 5.69 Å². The van der Waals surface area contributed by atoms with Gasteiger partial charge in [0.05, 0.1) is 12.0 Å². The maximum Gasteiger partial charge on any atom is 0.281 e. The highest BCUT2D eigenvalue weighted by atomic mass is 32.1. The minimum absolute atomic E-state index is 0.0255. The van der Waals surface area contributed by atoms with Gasteiger partial charge < -0.3 is 4.74 Å². The van der Waals surface area contributed by atoms with Crippen LogP contribution >= 0.6 is 12.2 Å². The number of ether oxygens (including phenoxy) is 1. The van der Waals surface area contributed by atoms with E-state index in [0.29, 0.717) is 5.56 Å². The molecule has 0 amide bonds. The van der Waals surface area contributed by atoms with Gasteiger partial charge >= 0.3 is 0 Å². The number of nitro benzene ring substituents is 1. The van der Waals surface area contributed by atoms with E-state index < -0.39 is 4.92 Å². The normalized spacial score (nSPS) is 9.57. The van der Waals surface area contributed by atoms with E-state index in [1.807, 2.05) is 6.92 Å². The standard InChI is InChI=1S/C9H9NO3S/c1-6-3-4-8(10(11)12)7(5-6)9(14)13-2/h3-5H,1-2H3. The Balaban J connectivity index is 3.29. The van der Waals surface area contributed by atoms with E-state index in [-0.39, 0.29) is 10.7 Å². The van der Waals surface area contributed by atoms with Gasteiger partial charge in [-0.05, 0) is 30.8 Å². The Bertz CT molecular complexity index is 390. The van der Waals surface area contributed by atoms with Crippen LogP contribution in [-0.4, -0.2) is 17.1 Å². The zero-order valence-electron chi connectivity index (χ0n) is 7.81. The summed E-state index contributed by atoms with van der Waals surface area (Å²) in [4.78, 5) is 10.2. The largest absolute Gasteiger partial charge is 0.486 e. The second kappa shape index (κ2) is 4.15. The second-order valence-corrected chi connectivity index (χ2v) is 3.14. The molecule has 0 aromatic heterocycles. The molecule has 0 heterocycles. The summed E-state index contributed by atoms with van der Waals surface area (Å²) in [5, 5.41) is 10.8. The molecular formula is C9H9NO3S. The highest BCUT2D eigenvalue weighted by Gasteiger charge is 2.17. The summed E-state index contributed by atoms with van der Waals surface area (Å²) >= 11 is 4.86. The minimum Gasteiger partial charge on any atom is -0.486 e. The first kappa shape index (κ1) is 10.6. The summed E-state index contributed by atoms with van der Waals surface area (Å²) < 4.78 is 4.81. The zero-order valence-corrected chi connectivity index (χ0v) is 8.63. The van der Waals surface area contributed by atoms with Crippen LogP contribution in [-0.2, 0) is 4.74 Å². The molecule has 74 valence electrons. The van der Waals surface area contributed by atoms with Gasteiger partial charge in [0.15, 0.2) is 5.05 Å². The van der Waals surface area contributed by atoms with E-state index in [4.69, 9.17) is 17.0 Å². The van der Waals surface area contributed by atoms with Crippen LogP contribution in [0.15, 0.2) is 18.2 Å². The number of nitrogens with zero attached hydrogens (tertiary/aromatic N) is 1. The summed E-state index contributed by atoms with van der Waals surface area (Å²) in [6, 6.07) is 4.74. The van der Waals surface area contributed by atoms with Crippen molar-refractivity contribution in [2.24, 2.45) is 0 Å². The van der Waals surface area contributed by atoms with Gasteiger partial charge in [-0.1, -0.05) is 6.07 Å². The molecule has 0 spiro atoms. The quantitative estimate of drug-likeness (QED) is 0.427. The Morgan fingerprint density at radius 1 is 1.57 bits per heavy atom. The Hall–Kier alpha value is -1.49. The maximum atomic E-state index is 10.6. The van der Waals surface area contributed by atoms with Crippen LogP contribution in [0, 0.1) is 17.0 Å². The SMILES string of the molecule is COC(=S)c1cc(C)ccc1[N+](=O)[O-]. The zero-order chi connectivity index (χ0) is 10.7. The van der Waals surface area contributed by atoms with Gasteiger partial charge in [-0.25, -0.2) is 0 Å². The van der Waals surface area contributed by atoms with E-state index in [2.05, 4.69) is 0 Å². The van der Waals surface area contributed by atoms with Crippen LogP contribution < -0.4 is 0 Å². The van der Waals surface area contributed by atoms with Gasteiger partial charge in [-0.2, -0.15) is 0 Å². The number of hydrogen-bond donors (Lipinski definition) is 0. The highest BCUT2D eigenvalue weighted by molar-refractivity contribution is 7.80. The fourth-order valence-corrected chi connectivity index (χ4v) is 1.25. The molecule has 0 aliphatic rings. The predicted molar refractivity (Wildman–Crippen MR) is 56.5 cm³/mol. The molecule has 0 aliphatic heterocycles. The van der Waals surface area contributed by atoms with Gasteiger partial charge in [0.1, 0.15) is 5.56 Å². The van der Waals surface area contributed by atoms with Crippen LogP contribution in [0.25, 0.3) is 0 Å². The van der Waals surface area contributed by atoms with Crippen molar-refractivity contribution in [3.63, 3.8) is 0 Å². The maximum absolute atomic E-state index is 10.6. The second-order valence-electron chi connectivity index (χ2n) is 2.77. The van der Waals surface area contributed by atoms with Crippen LogP contribution in [0.2, 0.25) is 0 Å². The first-order chi connectivity index (χ1) is 6.56. The van der Waals surface area contributed by atoms with Crippen molar-refractivity contribution in [1.29, 1.82) is 0 Å². The fourth-order valence-electron chi connectivity index (χ4n) is 1.08. The predicted octanol–water partition coefficient (Wildman–Crippen LogP) is 2.23. The lowest BCUT2D eigenvalue weighted by molar-refractivity contribution is -0.385. The molecule has 0 atom stereocenters. The van der Waals surface area contributed by atoms with Crippen molar-refractivity contribution in [3.05, 3.63) is 39.4 Å². The molecule has 0 fully saturated rings. The molecule has 14 heavy (non-hydrogen) atoms. The average molecular weight is 211 g/mol. The lowest BCUT2D eigenvalue weighted by atomic mass is 10.1. The summed E-state index contributed by atoms with van der Waals surface area (Å²) in [6.07, 6.45) is 0. The summed E-state index contributed by atoms with van der Waals surface area (Å²) in [5.74, 6) is 0. The molecular weight excluding hydrogens is 202 g/mol. The molecule has 0 saturated carbocycles. The Morgan fingerprint density at radius 3 is 2.71 bits per heavy atom. The van der Waals surface area contributed by atoms with E-state index >= 15 is 0 Å².